The molecule has 168 valence electrons. The summed E-state index contributed by atoms with van der Waals surface area (Å²) in [5.74, 6) is -0.361. The van der Waals surface area contributed by atoms with E-state index in [-0.39, 0.29) is 23.0 Å². The van der Waals surface area contributed by atoms with Crippen LogP contribution >= 0.6 is 0 Å². The number of unbranched alkanes of at least 4 members (excludes halogenated alkanes) is 1. The van der Waals surface area contributed by atoms with E-state index in [0.29, 0.717) is 6.54 Å². The maximum atomic E-state index is 12.3. The molecule has 1 amide bonds. The summed E-state index contributed by atoms with van der Waals surface area (Å²) in [4.78, 5) is 17.2. The number of benzene rings is 2. The van der Waals surface area contributed by atoms with Gasteiger partial charge in [0.25, 0.3) is 0 Å². The lowest BCUT2D eigenvalue weighted by molar-refractivity contribution is -0.120. The van der Waals surface area contributed by atoms with E-state index in [4.69, 9.17) is 0 Å². The fraction of sp³-hybridized carbons (Fsp3) is 0.458. The van der Waals surface area contributed by atoms with Crippen molar-refractivity contribution in [2.75, 3.05) is 49.9 Å². The van der Waals surface area contributed by atoms with E-state index >= 15 is 0 Å². The molecular formula is C24H33N3O3S. The molecule has 1 N–H and O–H groups in total. The van der Waals surface area contributed by atoms with E-state index in [1.54, 1.807) is 24.3 Å². The fourth-order valence-electron chi connectivity index (χ4n) is 3.74. The highest BCUT2D eigenvalue weighted by molar-refractivity contribution is 7.91. The molecule has 1 saturated heterocycles. The normalized spacial score (nSPS) is 15.1. The molecule has 0 unspecified atom stereocenters. The molecule has 31 heavy (non-hydrogen) atoms. The molecule has 2 aromatic carbocycles. The van der Waals surface area contributed by atoms with Crippen molar-refractivity contribution in [2.24, 2.45) is 0 Å². The van der Waals surface area contributed by atoms with Crippen molar-refractivity contribution in [1.29, 1.82) is 0 Å². The van der Waals surface area contributed by atoms with Crippen LogP contribution in [0.1, 0.15) is 24.8 Å². The van der Waals surface area contributed by atoms with Crippen molar-refractivity contribution in [1.82, 2.24) is 10.2 Å². The zero-order valence-electron chi connectivity index (χ0n) is 18.3. The molecule has 0 saturated carbocycles. The summed E-state index contributed by atoms with van der Waals surface area (Å²) in [6.45, 7) is 7.71. The average Bonchev–Trinajstić information content (AvgIpc) is 2.79. The smallest absolute Gasteiger partial charge is 0.221 e. The van der Waals surface area contributed by atoms with Gasteiger partial charge in [-0.05, 0) is 50.6 Å². The number of piperazine rings is 1. The lowest BCUT2D eigenvalue weighted by Gasteiger charge is -2.36. The standard InChI is InChI=1S/C24H33N3O3S/c1-21-9-11-23(12-10-21)31(29,30)20-13-24(28)25-14-5-6-15-26-16-18-27(19-17-26)22-7-3-2-4-8-22/h2-4,7-12H,5-6,13-20H2,1H3,(H,25,28). The zero-order chi connectivity index (χ0) is 22.1. The molecule has 6 nitrogen and oxygen atoms in total. The predicted octanol–water partition coefficient (Wildman–Crippen LogP) is 2.88. The molecule has 0 aliphatic carbocycles. The second-order valence-electron chi connectivity index (χ2n) is 8.10. The number of hydrogen-bond donors (Lipinski definition) is 1. The SMILES string of the molecule is Cc1ccc(S(=O)(=O)CCC(=O)NCCCCN2CCN(c3ccccc3)CC2)cc1. The third-order valence-corrected chi connectivity index (χ3v) is 7.43. The lowest BCUT2D eigenvalue weighted by atomic mass is 10.2. The minimum atomic E-state index is -3.42. The number of aryl methyl sites for hydroxylation is 1. The first kappa shape index (κ1) is 23.3. The van der Waals surface area contributed by atoms with E-state index in [1.165, 1.54) is 5.69 Å². The number of sulfone groups is 1. The highest BCUT2D eigenvalue weighted by Gasteiger charge is 2.17. The summed E-state index contributed by atoms with van der Waals surface area (Å²) in [6.07, 6.45) is 1.92. The third-order valence-electron chi connectivity index (χ3n) is 5.69. The van der Waals surface area contributed by atoms with Gasteiger partial charge in [0.05, 0.1) is 10.6 Å². The van der Waals surface area contributed by atoms with Crippen LogP contribution in [0.4, 0.5) is 5.69 Å². The van der Waals surface area contributed by atoms with Gasteiger partial charge in [-0.25, -0.2) is 8.42 Å². The summed E-state index contributed by atoms with van der Waals surface area (Å²) >= 11 is 0. The number of para-hydroxylation sites is 1. The first-order chi connectivity index (χ1) is 14.9. The Morgan fingerprint density at radius 2 is 1.61 bits per heavy atom. The van der Waals surface area contributed by atoms with Crippen LogP contribution in [-0.4, -0.2) is 64.2 Å². The quantitative estimate of drug-likeness (QED) is 0.572. The monoisotopic (exact) mass is 443 g/mol. The molecule has 0 spiro atoms. The van der Waals surface area contributed by atoms with Crippen LogP contribution in [0.15, 0.2) is 59.5 Å². The van der Waals surface area contributed by atoms with Crippen LogP contribution in [0.5, 0.6) is 0 Å². The minimum Gasteiger partial charge on any atom is -0.369 e. The van der Waals surface area contributed by atoms with Crippen molar-refractivity contribution in [2.45, 2.75) is 31.1 Å². The molecule has 7 heteroatoms. The van der Waals surface area contributed by atoms with Gasteiger partial charge in [-0.15, -0.1) is 0 Å². The highest BCUT2D eigenvalue weighted by Crippen LogP contribution is 2.16. The van der Waals surface area contributed by atoms with Gasteiger partial charge in [-0.2, -0.15) is 0 Å². The summed E-state index contributed by atoms with van der Waals surface area (Å²) in [5, 5.41) is 2.85. The van der Waals surface area contributed by atoms with Crippen molar-refractivity contribution < 1.29 is 13.2 Å². The van der Waals surface area contributed by atoms with Gasteiger partial charge in [0.2, 0.25) is 5.91 Å². The van der Waals surface area contributed by atoms with Crippen molar-refractivity contribution in [3.8, 4) is 0 Å². The van der Waals surface area contributed by atoms with E-state index in [1.807, 2.05) is 13.0 Å². The number of anilines is 1. The molecule has 0 bridgehead atoms. The Bertz CT molecular complexity index is 922. The van der Waals surface area contributed by atoms with Crippen LogP contribution in [-0.2, 0) is 14.6 Å². The largest absolute Gasteiger partial charge is 0.369 e. The second kappa shape index (κ2) is 11.3. The predicted molar refractivity (Wildman–Crippen MR) is 125 cm³/mol. The average molecular weight is 444 g/mol. The van der Waals surface area contributed by atoms with Crippen LogP contribution < -0.4 is 10.2 Å². The molecule has 1 fully saturated rings. The lowest BCUT2D eigenvalue weighted by Crippen LogP contribution is -2.46. The van der Waals surface area contributed by atoms with E-state index < -0.39 is 9.84 Å². The maximum Gasteiger partial charge on any atom is 0.221 e. The molecule has 0 atom stereocenters. The van der Waals surface area contributed by atoms with E-state index in [0.717, 1.165) is 51.1 Å². The number of carbonyl (C=O) groups excluding carboxylic acids is 1. The molecule has 1 heterocycles. The Morgan fingerprint density at radius 1 is 0.935 bits per heavy atom. The van der Waals surface area contributed by atoms with Crippen LogP contribution in [0.2, 0.25) is 0 Å². The van der Waals surface area contributed by atoms with Gasteiger partial charge in [0.15, 0.2) is 9.84 Å². The van der Waals surface area contributed by atoms with Gasteiger partial charge >= 0.3 is 0 Å². The Morgan fingerprint density at radius 3 is 2.29 bits per heavy atom. The van der Waals surface area contributed by atoms with Crippen molar-refractivity contribution in [3.63, 3.8) is 0 Å². The summed E-state index contributed by atoms with van der Waals surface area (Å²) in [6, 6.07) is 17.3. The number of carbonyl (C=O) groups is 1. The van der Waals surface area contributed by atoms with Gasteiger partial charge < -0.3 is 10.2 Å². The molecule has 3 rings (SSSR count). The van der Waals surface area contributed by atoms with Gasteiger partial charge in [-0.3, -0.25) is 9.69 Å². The second-order valence-corrected chi connectivity index (χ2v) is 10.2. The maximum absolute atomic E-state index is 12.3. The number of nitrogens with zero attached hydrogens (tertiary/aromatic N) is 2. The topological polar surface area (TPSA) is 69.7 Å². The van der Waals surface area contributed by atoms with Gasteiger partial charge in [0, 0.05) is 44.8 Å². The van der Waals surface area contributed by atoms with E-state index in [2.05, 4.69) is 39.4 Å². The van der Waals surface area contributed by atoms with Crippen LogP contribution in [0, 0.1) is 6.92 Å². The number of hydrogen-bond acceptors (Lipinski definition) is 5. The van der Waals surface area contributed by atoms with Gasteiger partial charge in [-0.1, -0.05) is 35.9 Å². The van der Waals surface area contributed by atoms with E-state index in [9.17, 15) is 13.2 Å². The molecule has 0 aromatic heterocycles. The Kier molecular flexibility index (Phi) is 8.49. The Balaban J connectivity index is 1.26. The fourth-order valence-corrected chi connectivity index (χ4v) is 4.98. The first-order valence-corrected chi connectivity index (χ1v) is 12.7. The summed E-state index contributed by atoms with van der Waals surface area (Å²) < 4.78 is 24.6. The minimum absolute atomic E-state index is 0.00233. The van der Waals surface area contributed by atoms with Gasteiger partial charge in [0.1, 0.15) is 0 Å². The molecule has 0 radical (unpaired) electrons. The van der Waals surface area contributed by atoms with Crippen molar-refractivity contribution in [3.05, 3.63) is 60.2 Å². The Hall–Kier alpha value is -2.38. The number of nitrogens with one attached hydrogen (secondary N) is 1. The molecule has 2 aromatic rings. The highest BCUT2D eigenvalue weighted by atomic mass is 32.2. The molecule has 1 aliphatic heterocycles. The third kappa shape index (κ3) is 7.36. The zero-order valence-corrected chi connectivity index (χ0v) is 19.1. The number of rotatable bonds is 10. The van der Waals surface area contributed by atoms with Crippen LogP contribution in [0.25, 0.3) is 0 Å². The molecule has 1 aliphatic rings. The summed E-state index contributed by atoms with van der Waals surface area (Å²) in [7, 11) is -3.42. The summed E-state index contributed by atoms with van der Waals surface area (Å²) in [5.41, 5.74) is 2.30. The van der Waals surface area contributed by atoms with Crippen molar-refractivity contribution >= 4 is 21.4 Å². The Labute approximate surface area is 186 Å². The molecular weight excluding hydrogens is 410 g/mol. The first-order valence-electron chi connectivity index (χ1n) is 11.0. The number of amides is 1. The van der Waals surface area contributed by atoms with Crippen LogP contribution in [0.3, 0.4) is 0 Å².